The molecule has 0 spiro atoms. The Labute approximate surface area is 173 Å². The lowest BCUT2D eigenvalue weighted by molar-refractivity contribution is -0.141. The highest BCUT2D eigenvalue weighted by molar-refractivity contribution is 7.89. The number of alkyl halides is 3. The standard InChI is InChI=1S/C18H24F3N3O5S/c1-22(5-4-18(19,20)21)13-17(25)23-6-8-24(9-7-23)30(26,27)14-2-3-15-16(12-14)29-11-10-28-15/h2-3,12H,4-11,13H2,1H3. The summed E-state index contributed by atoms with van der Waals surface area (Å²) in [4.78, 5) is 15.2. The molecule has 3 rings (SSSR count). The molecule has 0 aliphatic carbocycles. The quantitative estimate of drug-likeness (QED) is 0.646. The Hall–Kier alpha value is -2.05. The third-order valence-electron chi connectivity index (χ3n) is 4.92. The smallest absolute Gasteiger partial charge is 0.390 e. The van der Waals surface area contributed by atoms with Crippen molar-refractivity contribution in [1.82, 2.24) is 14.1 Å². The zero-order valence-electron chi connectivity index (χ0n) is 16.5. The van der Waals surface area contributed by atoms with Crippen molar-refractivity contribution >= 4 is 15.9 Å². The Kier molecular flexibility index (Phi) is 6.78. The maximum absolute atomic E-state index is 12.9. The third-order valence-corrected chi connectivity index (χ3v) is 6.82. The van der Waals surface area contributed by atoms with Crippen LogP contribution in [0, 0.1) is 0 Å². The summed E-state index contributed by atoms with van der Waals surface area (Å²) in [6.45, 7) is 0.892. The molecule has 168 valence electrons. The molecule has 2 aliphatic rings. The molecule has 0 radical (unpaired) electrons. The number of halogens is 3. The van der Waals surface area contributed by atoms with E-state index in [9.17, 15) is 26.4 Å². The molecule has 0 atom stereocenters. The third kappa shape index (κ3) is 5.55. The first-order chi connectivity index (χ1) is 14.1. The van der Waals surface area contributed by atoms with Gasteiger partial charge in [0.25, 0.3) is 0 Å². The number of fused-ring (bicyclic) bond motifs is 1. The number of piperazine rings is 1. The van der Waals surface area contributed by atoms with Gasteiger partial charge in [0.05, 0.1) is 17.9 Å². The highest BCUT2D eigenvalue weighted by Gasteiger charge is 2.32. The molecule has 0 aromatic heterocycles. The molecule has 1 saturated heterocycles. The molecule has 1 amide bonds. The van der Waals surface area contributed by atoms with E-state index in [2.05, 4.69) is 0 Å². The summed E-state index contributed by atoms with van der Waals surface area (Å²) >= 11 is 0. The minimum absolute atomic E-state index is 0.0819. The lowest BCUT2D eigenvalue weighted by Gasteiger charge is -2.35. The van der Waals surface area contributed by atoms with Gasteiger partial charge in [-0.3, -0.25) is 9.69 Å². The van der Waals surface area contributed by atoms with Crippen LogP contribution in [0.3, 0.4) is 0 Å². The van der Waals surface area contributed by atoms with Crippen LogP contribution in [-0.4, -0.2) is 94.1 Å². The summed E-state index contributed by atoms with van der Waals surface area (Å²) in [6.07, 6.45) is -5.26. The Morgan fingerprint density at radius 3 is 2.37 bits per heavy atom. The van der Waals surface area contributed by atoms with Crippen LogP contribution in [0.2, 0.25) is 0 Å². The van der Waals surface area contributed by atoms with Crippen molar-refractivity contribution in [2.24, 2.45) is 0 Å². The van der Waals surface area contributed by atoms with Crippen molar-refractivity contribution in [2.45, 2.75) is 17.5 Å². The number of carbonyl (C=O) groups is 1. The van der Waals surface area contributed by atoms with E-state index in [1.807, 2.05) is 0 Å². The lowest BCUT2D eigenvalue weighted by atomic mass is 10.3. The van der Waals surface area contributed by atoms with Gasteiger partial charge in [0.1, 0.15) is 13.2 Å². The van der Waals surface area contributed by atoms with Gasteiger partial charge in [-0.05, 0) is 19.2 Å². The van der Waals surface area contributed by atoms with Crippen LogP contribution in [0.15, 0.2) is 23.1 Å². The molecule has 0 saturated carbocycles. The number of hydrogen-bond acceptors (Lipinski definition) is 6. The molecule has 0 N–H and O–H groups in total. The number of hydrogen-bond donors (Lipinski definition) is 0. The van der Waals surface area contributed by atoms with E-state index >= 15 is 0 Å². The van der Waals surface area contributed by atoms with Crippen molar-refractivity contribution in [3.05, 3.63) is 18.2 Å². The highest BCUT2D eigenvalue weighted by atomic mass is 32.2. The van der Waals surface area contributed by atoms with E-state index in [4.69, 9.17) is 9.47 Å². The minimum atomic E-state index is -4.27. The first-order valence-electron chi connectivity index (χ1n) is 9.49. The van der Waals surface area contributed by atoms with Crippen LogP contribution in [0.25, 0.3) is 0 Å². The van der Waals surface area contributed by atoms with Gasteiger partial charge in [-0.15, -0.1) is 0 Å². The molecule has 12 heteroatoms. The summed E-state index contributed by atoms with van der Waals surface area (Å²) in [5.74, 6) is 0.541. The van der Waals surface area contributed by atoms with E-state index in [1.54, 1.807) is 6.07 Å². The number of ether oxygens (including phenoxy) is 2. The van der Waals surface area contributed by atoms with E-state index < -0.39 is 22.6 Å². The van der Waals surface area contributed by atoms with Gasteiger partial charge in [0, 0.05) is 38.8 Å². The van der Waals surface area contributed by atoms with Crippen molar-refractivity contribution in [1.29, 1.82) is 0 Å². The van der Waals surface area contributed by atoms with Crippen LogP contribution in [0.5, 0.6) is 11.5 Å². The summed E-state index contributed by atoms with van der Waals surface area (Å²) in [6, 6.07) is 4.44. The molecule has 0 bridgehead atoms. The van der Waals surface area contributed by atoms with Crippen LogP contribution in [0.1, 0.15) is 6.42 Å². The Bertz CT molecular complexity index is 870. The molecule has 30 heavy (non-hydrogen) atoms. The number of benzene rings is 1. The summed E-state index contributed by atoms with van der Waals surface area (Å²) in [7, 11) is -2.32. The van der Waals surface area contributed by atoms with E-state index in [-0.39, 0.29) is 50.1 Å². The molecule has 2 heterocycles. The zero-order valence-corrected chi connectivity index (χ0v) is 17.3. The van der Waals surface area contributed by atoms with Gasteiger partial charge < -0.3 is 14.4 Å². The first kappa shape index (κ1) is 22.6. The van der Waals surface area contributed by atoms with Crippen molar-refractivity contribution < 1.29 is 35.9 Å². The average Bonchev–Trinajstić information content (AvgIpc) is 2.71. The number of carbonyl (C=O) groups excluding carboxylic acids is 1. The molecule has 8 nitrogen and oxygen atoms in total. The number of nitrogens with zero attached hydrogens (tertiary/aromatic N) is 3. The van der Waals surface area contributed by atoms with E-state index in [0.717, 1.165) is 0 Å². The van der Waals surface area contributed by atoms with Gasteiger partial charge >= 0.3 is 6.18 Å². The normalized spacial score (nSPS) is 18.0. The highest BCUT2D eigenvalue weighted by Crippen LogP contribution is 2.33. The second kappa shape index (κ2) is 8.98. The van der Waals surface area contributed by atoms with Crippen molar-refractivity contribution in [2.75, 3.05) is 59.5 Å². The summed E-state index contributed by atoms with van der Waals surface area (Å²) < 4.78 is 74.9. The number of sulfonamides is 1. The number of likely N-dealkylation sites (N-methyl/N-ethyl adjacent to an activating group) is 1. The maximum Gasteiger partial charge on any atom is 0.390 e. The Balaban J connectivity index is 1.55. The van der Waals surface area contributed by atoms with Crippen molar-refractivity contribution in [3.63, 3.8) is 0 Å². The first-order valence-corrected chi connectivity index (χ1v) is 10.9. The fraction of sp³-hybridized carbons (Fsp3) is 0.611. The van der Waals surface area contributed by atoms with Gasteiger partial charge in [-0.2, -0.15) is 17.5 Å². The second-order valence-electron chi connectivity index (χ2n) is 7.19. The van der Waals surface area contributed by atoms with Gasteiger partial charge in [0.2, 0.25) is 15.9 Å². The number of rotatable bonds is 6. The molecular weight excluding hydrogens is 427 g/mol. The topological polar surface area (TPSA) is 79.4 Å². The van der Waals surface area contributed by atoms with Crippen LogP contribution < -0.4 is 9.47 Å². The lowest BCUT2D eigenvalue weighted by Crippen LogP contribution is -2.52. The molecule has 1 fully saturated rings. The average molecular weight is 451 g/mol. The van der Waals surface area contributed by atoms with E-state index in [0.29, 0.717) is 24.7 Å². The summed E-state index contributed by atoms with van der Waals surface area (Å²) in [5.41, 5.74) is 0. The number of amides is 1. The largest absolute Gasteiger partial charge is 0.486 e. The molecular formula is C18H24F3N3O5S. The molecule has 1 aromatic carbocycles. The van der Waals surface area contributed by atoms with Crippen LogP contribution in [-0.2, 0) is 14.8 Å². The molecule has 0 unspecified atom stereocenters. The summed E-state index contributed by atoms with van der Waals surface area (Å²) in [5, 5.41) is 0. The van der Waals surface area contributed by atoms with Gasteiger partial charge in [-0.1, -0.05) is 0 Å². The van der Waals surface area contributed by atoms with Crippen LogP contribution in [0.4, 0.5) is 13.2 Å². The fourth-order valence-electron chi connectivity index (χ4n) is 3.24. The Morgan fingerprint density at radius 1 is 1.10 bits per heavy atom. The predicted molar refractivity (Wildman–Crippen MR) is 101 cm³/mol. The van der Waals surface area contributed by atoms with Gasteiger partial charge in [-0.25, -0.2) is 8.42 Å². The SMILES string of the molecule is CN(CCC(F)(F)F)CC(=O)N1CCN(S(=O)(=O)c2ccc3c(c2)OCCO3)CC1. The van der Waals surface area contributed by atoms with E-state index in [1.165, 1.54) is 33.3 Å². The molecule has 1 aromatic rings. The minimum Gasteiger partial charge on any atom is -0.486 e. The Morgan fingerprint density at radius 2 is 1.73 bits per heavy atom. The van der Waals surface area contributed by atoms with Gasteiger partial charge in [0.15, 0.2) is 11.5 Å². The zero-order chi connectivity index (χ0) is 21.9. The monoisotopic (exact) mass is 451 g/mol. The second-order valence-corrected chi connectivity index (χ2v) is 9.13. The fourth-order valence-corrected chi connectivity index (χ4v) is 4.68. The molecule has 2 aliphatic heterocycles. The predicted octanol–water partition coefficient (Wildman–Crippen LogP) is 1.17. The van der Waals surface area contributed by atoms with Crippen molar-refractivity contribution in [3.8, 4) is 11.5 Å². The van der Waals surface area contributed by atoms with Crippen LogP contribution >= 0.6 is 0 Å². The maximum atomic E-state index is 12.9.